The molecule has 19 heavy (non-hydrogen) atoms. The first-order chi connectivity index (χ1) is 9.10. The summed E-state index contributed by atoms with van der Waals surface area (Å²) in [6, 6.07) is -1.46. The molecule has 0 bridgehead atoms. The lowest BCUT2D eigenvalue weighted by molar-refractivity contribution is -0.157. The van der Waals surface area contributed by atoms with Crippen LogP contribution >= 0.6 is 11.3 Å². The van der Waals surface area contributed by atoms with Gasteiger partial charge in [-0.05, 0) is 13.8 Å². The second kappa shape index (κ2) is 7.47. The summed E-state index contributed by atoms with van der Waals surface area (Å²) in [5.41, 5.74) is 1.47. The number of thiazole rings is 1. The maximum atomic E-state index is 11.8. The Bertz CT molecular complexity index is 428. The molecular formula is C11H14N2O5S. The van der Waals surface area contributed by atoms with Crippen LogP contribution < -0.4 is 5.32 Å². The zero-order chi connectivity index (χ0) is 14.3. The van der Waals surface area contributed by atoms with Gasteiger partial charge in [0.2, 0.25) is 6.04 Å². The Morgan fingerprint density at radius 2 is 1.84 bits per heavy atom. The Labute approximate surface area is 113 Å². The summed E-state index contributed by atoms with van der Waals surface area (Å²) in [4.78, 5) is 39.0. The highest BCUT2D eigenvalue weighted by Gasteiger charge is 2.31. The van der Waals surface area contributed by atoms with Crippen LogP contribution in [0.2, 0.25) is 0 Å². The van der Waals surface area contributed by atoms with E-state index >= 15 is 0 Å². The smallest absolute Gasteiger partial charge is 0.340 e. The van der Waals surface area contributed by atoms with Gasteiger partial charge in [-0.3, -0.25) is 9.78 Å². The van der Waals surface area contributed by atoms with Crippen molar-refractivity contribution in [3.63, 3.8) is 0 Å². The lowest BCUT2D eigenvalue weighted by atomic mass is 10.3. The van der Waals surface area contributed by atoms with E-state index in [0.29, 0.717) is 4.88 Å². The highest BCUT2D eigenvalue weighted by molar-refractivity contribution is 7.11. The van der Waals surface area contributed by atoms with Crippen molar-refractivity contribution < 1.29 is 23.9 Å². The van der Waals surface area contributed by atoms with Crippen LogP contribution in [-0.2, 0) is 19.1 Å². The summed E-state index contributed by atoms with van der Waals surface area (Å²) < 4.78 is 9.45. The van der Waals surface area contributed by atoms with Gasteiger partial charge in [-0.15, -0.1) is 11.3 Å². The zero-order valence-electron chi connectivity index (χ0n) is 10.5. The first-order valence-corrected chi connectivity index (χ1v) is 6.50. The molecule has 1 N–H and O–H groups in total. The molecule has 0 fully saturated rings. The monoisotopic (exact) mass is 286 g/mol. The van der Waals surface area contributed by atoms with E-state index in [2.05, 4.69) is 10.3 Å². The number of esters is 2. The van der Waals surface area contributed by atoms with Gasteiger partial charge in [0.05, 0.1) is 24.9 Å². The maximum absolute atomic E-state index is 11.8. The molecule has 0 aliphatic carbocycles. The molecule has 8 heteroatoms. The number of nitrogens with zero attached hydrogens (tertiary/aromatic N) is 1. The minimum Gasteiger partial charge on any atom is -0.464 e. The quantitative estimate of drug-likeness (QED) is 0.599. The molecule has 0 aliphatic heterocycles. The van der Waals surface area contributed by atoms with Gasteiger partial charge >= 0.3 is 11.9 Å². The van der Waals surface area contributed by atoms with Gasteiger partial charge in [0.1, 0.15) is 4.88 Å². The Morgan fingerprint density at radius 3 is 2.26 bits per heavy atom. The highest BCUT2D eigenvalue weighted by atomic mass is 32.1. The van der Waals surface area contributed by atoms with E-state index in [9.17, 15) is 14.4 Å². The van der Waals surface area contributed by atoms with Gasteiger partial charge in [0, 0.05) is 0 Å². The lowest BCUT2D eigenvalue weighted by Crippen LogP contribution is -2.48. The first kappa shape index (κ1) is 15.1. The number of hydrogen-bond acceptors (Lipinski definition) is 7. The molecule has 1 aromatic rings. The first-order valence-electron chi connectivity index (χ1n) is 5.62. The molecule has 1 aromatic heterocycles. The topological polar surface area (TPSA) is 94.6 Å². The molecule has 1 heterocycles. The molecule has 1 amide bonds. The van der Waals surface area contributed by atoms with Crippen molar-refractivity contribution >= 4 is 29.2 Å². The van der Waals surface area contributed by atoms with Crippen LogP contribution in [0.25, 0.3) is 0 Å². The summed E-state index contributed by atoms with van der Waals surface area (Å²) in [6.45, 7) is 3.41. The summed E-state index contributed by atoms with van der Waals surface area (Å²) in [5, 5.41) is 2.27. The number of aromatic nitrogens is 1. The van der Waals surface area contributed by atoms with E-state index < -0.39 is 23.9 Å². The van der Waals surface area contributed by atoms with Gasteiger partial charge in [0.25, 0.3) is 5.91 Å². The predicted octanol–water partition coefficient (Wildman–Crippen LogP) is 0.368. The van der Waals surface area contributed by atoms with Crippen molar-refractivity contribution in [3.05, 3.63) is 16.6 Å². The molecule has 0 saturated heterocycles. The fourth-order valence-electron chi connectivity index (χ4n) is 1.20. The molecule has 0 unspecified atom stereocenters. The average molecular weight is 286 g/mol. The van der Waals surface area contributed by atoms with Gasteiger partial charge in [-0.25, -0.2) is 9.59 Å². The van der Waals surface area contributed by atoms with Crippen LogP contribution in [0.4, 0.5) is 0 Å². The maximum Gasteiger partial charge on any atom is 0.340 e. The van der Waals surface area contributed by atoms with Crippen molar-refractivity contribution in [1.82, 2.24) is 10.3 Å². The van der Waals surface area contributed by atoms with E-state index in [1.165, 1.54) is 11.7 Å². The molecule has 7 nitrogen and oxygen atoms in total. The minimum absolute atomic E-state index is 0.102. The van der Waals surface area contributed by atoms with Crippen LogP contribution in [0.5, 0.6) is 0 Å². The summed E-state index contributed by atoms with van der Waals surface area (Å²) in [7, 11) is 0. The van der Waals surface area contributed by atoms with Crippen LogP contribution in [-0.4, -0.2) is 42.1 Å². The fourth-order valence-corrected chi connectivity index (χ4v) is 1.72. The Balaban J connectivity index is 2.76. The van der Waals surface area contributed by atoms with Crippen molar-refractivity contribution in [2.45, 2.75) is 19.9 Å². The van der Waals surface area contributed by atoms with Crippen LogP contribution in [0, 0.1) is 0 Å². The molecule has 0 radical (unpaired) electrons. The number of carbonyl (C=O) groups is 3. The van der Waals surface area contributed by atoms with E-state index in [1.807, 2.05) is 0 Å². The molecule has 0 aromatic carbocycles. The van der Waals surface area contributed by atoms with Crippen molar-refractivity contribution in [1.29, 1.82) is 0 Å². The molecule has 0 spiro atoms. The molecule has 0 atom stereocenters. The molecule has 1 rings (SSSR count). The van der Waals surface area contributed by atoms with Crippen LogP contribution in [0.1, 0.15) is 23.5 Å². The number of amides is 1. The van der Waals surface area contributed by atoms with Gasteiger partial charge in [-0.1, -0.05) is 0 Å². The number of ether oxygens (including phenoxy) is 2. The third-order valence-electron chi connectivity index (χ3n) is 1.98. The van der Waals surface area contributed by atoms with Gasteiger partial charge in [0.15, 0.2) is 0 Å². The van der Waals surface area contributed by atoms with Gasteiger partial charge < -0.3 is 14.8 Å². The largest absolute Gasteiger partial charge is 0.464 e. The zero-order valence-corrected chi connectivity index (χ0v) is 11.4. The SMILES string of the molecule is CCOC(=O)C(NC(=O)c1cncs1)C(=O)OCC. The average Bonchev–Trinajstić information content (AvgIpc) is 2.90. The van der Waals surface area contributed by atoms with Crippen LogP contribution in [0.3, 0.4) is 0 Å². The number of carbonyl (C=O) groups excluding carboxylic acids is 3. The van der Waals surface area contributed by atoms with Crippen molar-refractivity contribution in [2.75, 3.05) is 13.2 Å². The lowest BCUT2D eigenvalue weighted by Gasteiger charge is -2.15. The van der Waals surface area contributed by atoms with Crippen molar-refractivity contribution in [2.24, 2.45) is 0 Å². The van der Waals surface area contributed by atoms with E-state index in [0.717, 1.165) is 11.3 Å². The normalized spacial score (nSPS) is 10.1. The second-order valence-electron chi connectivity index (χ2n) is 3.28. The summed E-state index contributed by atoms with van der Waals surface area (Å²) >= 11 is 1.10. The van der Waals surface area contributed by atoms with Gasteiger partial charge in [-0.2, -0.15) is 0 Å². The predicted molar refractivity (Wildman–Crippen MR) is 66.6 cm³/mol. The molecule has 0 saturated carbocycles. The summed E-state index contributed by atoms with van der Waals surface area (Å²) in [6.07, 6.45) is 1.34. The second-order valence-corrected chi connectivity index (χ2v) is 4.16. The van der Waals surface area contributed by atoms with E-state index in [1.54, 1.807) is 13.8 Å². The van der Waals surface area contributed by atoms with Crippen LogP contribution in [0.15, 0.2) is 11.7 Å². The summed E-state index contributed by atoms with van der Waals surface area (Å²) in [5.74, 6) is -2.27. The number of hydrogen-bond donors (Lipinski definition) is 1. The molecular weight excluding hydrogens is 272 g/mol. The molecule has 104 valence electrons. The van der Waals surface area contributed by atoms with E-state index in [-0.39, 0.29) is 13.2 Å². The Hall–Kier alpha value is -1.96. The minimum atomic E-state index is -1.46. The number of nitrogens with one attached hydrogen (secondary N) is 1. The Kier molecular flexibility index (Phi) is 5.94. The standard InChI is InChI=1S/C11H14N2O5S/c1-3-17-10(15)8(11(16)18-4-2)13-9(14)7-5-12-6-19-7/h5-6,8H,3-4H2,1-2H3,(H,13,14). The Morgan fingerprint density at radius 1 is 1.26 bits per heavy atom. The third kappa shape index (κ3) is 4.32. The third-order valence-corrected chi connectivity index (χ3v) is 2.75. The highest BCUT2D eigenvalue weighted by Crippen LogP contribution is 2.06. The number of rotatable bonds is 6. The van der Waals surface area contributed by atoms with Crippen molar-refractivity contribution in [3.8, 4) is 0 Å². The van der Waals surface area contributed by atoms with E-state index in [4.69, 9.17) is 9.47 Å². The molecule has 0 aliphatic rings. The fraction of sp³-hybridized carbons (Fsp3) is 0.455.